The van der Waals surface area contributed by atoms with Gasteiger partial charge in [-0.1, -0.05) is 122 Å². The number of hydrogen-bond donors (Lipinski definition) is 1. The second-order valence-electron chi connectivity index (χ2n) is 6.80. The van der Waals surface area contributed by atoms with Gasteiger partial charge in [0.2, 0.25) is 0 Å². The second-order valence-corrected chi connectivity index (χ2v) is 7.24. The van der Waals surface area contributed by atoms with E-state index in [1.807, 2.05) is 0 Å². The van der Waals surface area contributed by atoms with Crippen LogP contribution in [0.2, 0.25) is 0 Å². The fraction of sp³-hybridized carbons (Fsp3) is 0.857. The molecule has 0 amide bonds. The van der Waals surface area contributed by atoms with E-state index in [9.17, 15) is 0 Å². The fourth-order valence-electron chi connectivity index (χ4n) is 2.96. The predicted molar refractivity (Wildman–Crippen MR) is 110 cm³/mol. The molecule has 0 heterocycles. The molecule has 0 fully saturated rings. The van der Waals surface area contributed by atoms with E-state index in [1.54, 1.807) is 6.08 Å². The van der Waals surface area contributed by atoms with Gasteiger partial charge in [-0.15, -0.1) is 0 Å². The van der Waals surface area contributed by atoms with E-state index in [4.69, 9.17) is 12.2 Å². The van der Waals surface area contributed by atoms with Gasteiger partial charge in [0.25, 0.3) is 0 Å². The maximum atomic E-state index is 5.04. The summed E-state index contributed by atoms with van der Waals surface area (Å²) >= 11 is 5.04. The average molecular weight is 340 g/mol. The van der Waals surface area contributed by atoms with Gasteiger partial charge in [0, 0.05) is 6.54 Å². The Morgan fingerprint density at radius 1 is 0.696 bits per heavy atom. The van der Waals surface area contributed by atoms with Crippen molar-refractivity contribution >= 4 is 17.2 Å². The summed E-state index contributed by atoms with van der Waals surface area (Å²) in [5.41, 5.74) is 0. The molecule has 0 atom stereocenters. The minimum Gasteiger partial charge on any atom is -0.376 e. The molecule has 2 heteroatoms. The molecule has 0 bridgehead atoms. The number of thiocarbonyl (C=S) groups is 1. The van der Waals surface area contributed by atoms with Crippen LogP contribution in [-0.2, 0) is 0 Å². The van der Waals surface area contributed by atoms with Crippen LogP contribution in [0.1, 0.15) is 110 Å². The molecule has 0 aliphatic carbocycles. The highest BCUT2D eigenvalue weighted by atomic mass is 32.1. The number of rotatable bonds is 18. The highest BCUT2D eigenvalue weighted by Gasteiger charge is 1.95. The number of nitrogens with one attached hydrogen (secondary N) is 1. The zero-order valence-electron chi connectivity index (χ0n) is 15.7. The van der Waals surface area contributed by atoms with Gasteiger partial charge in [0.15, 0.2) is 0 Å². The number of unbranched alkanes of at least 4 members (excludes halogenated alkanes) is 15. The topological polar surface area (TPSA) is 12.0 Å². The van der Waals surface area contributed by atoms with E-state index in [0.29, 0.717) is 0 Å². The maximum Gasteiger partial charge on any atom is 0.0982 e. The first-order valence-corrected chi connectivity index (χ1v) is 10.6. The molecule has 0 aromatic carbocycles. The van der Waals surface area contributed by atoms with Crippen LogP contribution in [0.15, 0.2) is 12.7 Å². The van der Waals surface area contributed by atoms with Crippen molar-refractivity contribution in [2.75, 3.05) is 6.54 Å². The lowest BCUT2D eigenvalue weighted by Crippen LogP contribution is -2.19. The molecule has 1 nitrogen and oxygen atoms in total. The van der Waals surface area contributed by atoms with Crippen LogP contribution in [0, 0.1) is 0 Å². The molecule has 0 aromatic rings. The molecule has 0 rings (SSSR count). The van der Waals surface area contributed by atoms with Crippen LogP contribution in [0.25, 0.3) is 0 Å². The first kappa shape index (κ1) is 22.6. The molecule has 0 aliphatic rings. The lowest BCUT2D eigenvalue weighted by atomic mass is 10.0. The highest BCUT2D eigenvalue weighted by molar-refractivity contribution is 7.80. The zero-order valence-corrected chi connectivity index (χ0v) is 16.5. The standard InChI is InChI=1S/C21H41NS/c1-3-5-6-7-8-9-10-11-12-13-14-15-16-17-18-19-20-22-21(23)4-2/h4H,2-3,5-20H2,1H3,(H,22,23). The van der Waals surface area contributed by atoms with Gasteiger partial charge in [-0.3, -0.25) is 0 Å². The molecule has 0 spiro atoms. The molecule has 0 saturated heterocycles. The monoisotopic (exact) mass is 339 g/mol. The summed E-state index contributed by atoms with van der Waals surface area (Å²) in [6, 6.07) is 0. The van der Waals surface area contributed by atoms with Crippen molar-refractivity contribution in [3.05, 3.63) is 12.7 Å². The first-order valence-electron chi connectivity index (χ1n) is 10.2. The van der Waals surface area contributed by atoms with E-state index >= 15 is 0 Å². The third-order valence-corrected chi connectivity index (χ3v) is 4.83. The molecule has 1 N–H and O–H groups in total. The van der Waals surface area contributed by atoms with Crippen molar-refractivity contribution in [1.82, 2.24) is 5.32 Å². The molecular weight excluding hydrogens is 298 g/mol. The van der Waals surface area contributed by atoms with Crippen LogP contribution in [0.4, 0.5) is 0 Å². The Balaban J connectivity index is 3.00. The summed E-state index contributed by atoms with van der Waals surface area (Å²) < 4.78 is 0. The van der Waals surface area contributed by atoms with Crippen molar-refractivity contribution in [3.8, 4) is 0 Å². The maximum absolute atomic E-state index is 5.04. The Labute approximate surface area is 151 Å². The summed E-state index contributed by atoms with van der Waals surface area (Å²) in [5, 5.41) is 3.20. The van der Waals surface area contributed by atoms with E-state index < -0.39 is 0 Å². The van der Waals surface area contributed by atoms with Crippen LogP contribution in [0.3, 0.4) is 0 Å². The lowest BCUT2D eigenvalue weighted by molar-refractivity contribution is 0.529. The fourth-order valence-corrected chi connectivity index (χ4v) is 3.06. The quantitative estimate of drug-likeness (QED) is 0.159. The molecule has 0 saturated carbocycles. The second kappa shape index (κ2) is 19.7. The summed E-state index contributed by atoms with van der Waals surface area (Å²) in [6.07, 6.45) is 24.4. The van der Waals surface area contributed by atoms with Gasteiger partial charge in [-0.05, 0) is 12.5 Å². The van der Waals surface area contributed by atoms with Gasteiger partial charge >= 0.3 is 0 Å². The van der Waals surface area contributed by atoms with E-state index in [2.05, 4.69) is 18.8 Å². The normalized spacial score (nSPS) is 10.7. The van der Waals surface area contributed by atoms with Gasteiger partial charge in [0.05, 0.1) is 4.99 Å². The lowest BCUT2D eigenvalue weighted by Gasteiger charge is -2.05. The van der Waals surface area contributed by atoms with Crippen LogP contribution in [0.5, 0.6) is 0 Å². The zero-order chi connectivity index (χ0) is 17.0. The average Bonchev–Trinajstić information content (AvgIpc) is 2.57. The molecule has 0 radical (unpaired) electrons. The Kier molecular flexibility index (Phi) is 19.4. The van der Waals surface area contributed by atoms with E-state index in [0.717, 1.165) is 11.5 Å². The van der Waals surface area contributed by atoms with Crippen molar-refractivity contribution < 1.29 is 0 Å². The van der Waals surface area contributed by atoms with Crippen LogP contribution >= 0.6 is 12.2 Å². The highest BCUT2D eigenvalue weighted by Crippen LogP contribution is 2.13. The Hall–Kier alpha value is -0.370. The molecule has 23 heavy (non-hydrogen) atoms. The predicted octanol–water partition coefficient (Wildman–Crippen LogP) is 7.35. The summed E-state index contributed by atoms with van der Waals surface area (Å²) in [6.45, 7) is 6.94. The summed E-state index contributed by atoms with van der Waals surface area (Å²) in [7, 11) is 0. The largest absolute Gasteiger partial charge is 0.376 e. The van der Waals surface area contributed by atoms with E-state index in [-0.39, 0.29) is 0 Å². The minimum atomic E-state index is 0.783. The first-order chi connectivity index (χ1) is 11.3. The van der Waals surface area contributed by atoms with Crippen molar-refractivity contribution in [2.24, 2.45) is 0 Å². The molecule has 0 unspecified atom stereocenters. The SMILES string of the molecule is C=CC(=S)NCCCCCCCCCCCCCCCCCC. The molecular formula is C21H41NS. The minimum absolute atomic E-state index is 0.783. The van der Waals surface area contributed by atoms with Gasteiger partial charge in [-0.2, -0.15) is 0 Å². The van der Waals surface area contributed by atoms with Crippen molar-refractivity contribution in [1.29, 1.82) is 0 Å². The summed E-state index contributed by atoms with van der Waals surface area (Å²) in [4.78, 5) is 0.783. The Morgan fingerprint density at radius 3 is 1.39 bits per heavy atom. The molecule has 136 valence electrons. The Bertz CT molecular complexity index is 263. The third-order valence-electron chi connectivity index (χ3n) is 4.51. The summed E-state index contributed by atoms with van der Waals surface area (Å²) in [5.74, 6) is 0. The Morgan fingerprint density at radius 2 is 1.04 bits per heavy atom. The van der Waals surface area contributed by atoms with Crippen LogP contribution in [-0.4, -0.2) is 11.5 Å². The van der Waals surface area contributed by atoms with Gasteiger partial charge in [0.1, 0.15) is 0 Å². The van der Waals surface area contributed by atoms with Gasteiger partial charge < -0.3 is 5.32 Å². The van der Waals surface area contributed by atoms with Crippen molar-refractivity contribution in [3.63, 3.8) is 0 Å². The third kappa shape index (κ3) is 19.6. The van der Waals surface area contributed by atoms with E-state index in [1.165, 1.54) is 103 Å². The smallest absolute Gasteiger partial charge is 0.0982 e. The number of hydrogen-bond acceptors (Lipinski definition) is 1. The van der Waals surface area contributed by atoms with Gasteiger partial charge in [-0.25, -0.2) is 0 Å². The molecule has 0 aromatic heterocycles. The van der Waals surface area contributed by atoms with Crippen molar-refractivity contribution in [2.45, 2.75) is 110 Å². The molecule has 0 aliphatic heterocycles. The van der Waals surface area contributed by atoms with Crippen LogP contribution < -0.4 is 5.32 Å².